The third-order valence-corrected chi connectivity index (χ3v) is 8.04. The van der Waals surface area contributed by atoms with E-state index in [0.717, 1.165) is 12.8 Å². The molecule has 0 fully saturated rings. The van der Waals surface area contributed by atoms with E-state index in [-0.39, 0.29) is 0 Å². The van der Waals surface area contributed by atoms with E-state index in [4.69, 9.17) is 17.0 Å². The van der Waals surface area contributed by atoms with Gasteiger partial charge in [0.05, 0.1) is 0 Å². The Labute approximate surface area is 277 Å². The molecule has 0 aliphatic carbocycles. The molecule has 220 valence electrons. The molecule has 0 unspecified atom stereocenters. The summed E-state index contributed by atoms with van der Waals surface area (Å²) in [7, 11) is 9.87. The van der Waals surface area contributed by atoms with Crippen LogP contribution in [0.2, 0.25) is 0 Å². The predicted octanol–water partition coefficient (Wildman–Crippen LogP) is 12.9. The van der Waals surface area contributed by atoms with E-state index in [1.807, 2.05) is 0 Å². The van der Waals surface area contributed by atoms with E-state index in [0.29, 0.717) is 0 Å². The maximum absolute atomic E-state index is 4.93. The van der Waals surface area contributed by atoms with E-state index in [2.05, 4.69) is 137 Å². The molecule has 6 aromatic rings. The Morgan fingerprint density at radius 3 is 1.23 bits per heavy atom. The van der Waals surface area contributed by atoms with Crippen molar-refractivity contribution in [3.05, 3.63) is 131 Å². The van der Waals surface area contributed by atoms with Crippen LogP contribution in [0.15, 0.2) is 109 Å². The number of hydrogen-bond donors (Lipinski definition) is 0. The van der Waals surface area contributed by atoms with Crippen LogP contribution in [-0.4, -0.2) is 0 Å². The van der Waals surface area contributed by atoms with Crippen molar-refractivity contribution in [2.24, 2.45) is 0 Å². The van der Waals surface area contributed by atoms with Gasteiger partial charge in [0.1, 0.15) is 0 Å². The fourth-order valence-electron chi connectivity index (χ4n) is 5.78. The van der Waals surface area contributed by atoms with Gasteiger partial charge in [0.15, 0.2) is 0 Å². The van der Waals surface area contributed by atoms with E-state index in [1.54, 1.807) is 0 Å². The number of fused-ring (bicyclic) bond motifs is 2. The molecule has 0 saturated heterocycles. The molecular weight excluding hydrogens is 643 g/mol. The zero-order valence-electron chi connectivity index (χ0n) is 25.9. The summed E-state index contributed by atoms with van der Waals surface area (Å²) in [6.07, 6.45) is 6.95. The minimum atomic E-state index is -0.826. The molecule has 0 radical (unpaired) electrons. The molecule has 0 N–H and O–H groups in total. The van der Waals surface area contributed by atoms with Crippen molar-refractivity contribution in [2.75, 3.05) is 0 Å². The molecule has 3 heteroatoms. The minimum absolute atomic E-state index is 0.826. The molecule has 0 atom stereocenters. The predicted molar refractivity (Wildman–Crippen MR) is 188 cm³/mol. The molecule has 0 aliphatic heterocycles. The van der Waals surface area contributed by atoms with Crippen molar-refractivity contribution >= 4 is 38.6 Å². The zero-order chi connectivity index (χ0) is 30.6. The number of hydrogen-bond acceptors (Lipinski definition) is 0. The fraction of sp³-hybridized carbons (Fsp3) is 0.250. The summed E-state index contributed by atoms with van der Waals surface area (Å²) in [6.45, 7) is 8.89. The van der Waals surface area contributed by atoms with Crippen molar-refractivity contribution in [1.29, 1.82) is 0 Å². The summed E-state index contributed by atoms with van der Waals surface area (Å²) < 4.78 is 0. The molecule has 0 heterocycles. The van der Waals surface area contributed by atoms with Gasteiger partial charge in [-0.1, -0.05) is 112 Å². The van der Waals surface area contributed by atoms with Crippen molar-refractivity contribution in [3.8, 4) is 22.3 Å². The number of aryl methyl sites for hydroxylation is 4. The summed E-state index contributed by atoms with van der Waals surface area (Å²) in [5.74, 6) is 0. The maximum atomic E-state index is 4.93. The van der Waals surface area contributed by atoms with Crippen LogP contribution in [0.4, 0.5) is 0 Å². The SMILES string of the molecule is CCCc1ccc(-c2cccc3[cH-]c(CC)cc23)cc1.CCCc1ccc(-c2cccc3[cH-]c(CC)cc23)cc1.[Cl][Zr+2][Cl]. The van der Waals surface area contributed by atoms with Gasteiger partial charge >= 0.3 is 37.9 Å². The van der Waals surface area contributed by atoms with Crippen LogP contribution in [0.25, 0.3) is 43.8 Å². The van der Waals surface area contributed by atoms with Gasteiger partial charge in [-0.05, 0) is 47.9 Å². The Kier molecular flexibility index (Phi) is 13.3. The molecule has 0 bridgehead atoms. The van der Waals surface area contributed by atoms with Crippen molar-refractivity contribution in [2.45, 2.75) is 66.2 Å². The normalized spacial score (nSPS) is 10.6. The third kappa shape index (κ3) is 8.82. The standard InChI is InChI=1S/2C20H21.2ClH.Zr/c2*1-3-6-16-9-11-17(12-10-16)19-8-5-7-18-13-15(4-2)14-20(18)19;;;/h2*5,7-14H,3-4,6H2,1-2H3;2*1H;/q2*-1;;;+4/p-2. The first-order valence-electron chi connectivity index (χ1n) is 15.6. The van der Waals surface area contributed by atoms with Crippen LogP contribution in [0.1, 0.15) is 62.8 Å². The van der Waals surface area contributed by atoms with Gasteiger partial charge in [-0.15, -0.1) is 69.1 Å². The van der Waals surface area contributed by atoms with E-state index in [1.165, 1.54) is 91.7 Å². The topological polar surface area (TPSA) is 0 Å². The van der Waals surface area contributed by atoms with Crippen LogP contribution in [0, 0.1) is 0 Å². The zero-order valence-corrected chi connectivity index (χ0v) is 29.9. The molecule has 0 aromatic heterocycles. The molecule has 0 spiro atoms. The average Bonchev–Trinajstić information content (AvgIpc) is 3.67. The molecule has 6 rings (SSSR count). The van der Waals surface area contributed by atoms with Crippen LogP contribution in [-0.2, 0) is 46.5 Å². The second kappa shape index (κ2) is 17.2. The van der Waals surface area contributed by atoms with Crippen LogP contribution in [0.5, 0.6) is 0 Å². The summed E-state index contributed by atoms with van der Waals surface area (Å²) in [5, 5.41) is 5.48. The second-order valence-corrected chi connectivity index (χ2v) is 14.7. The Morgan fingerprint density at radius 2 is 0.907 bits per heavy atom. The van der Waals surface area contributed by atoms with Gasteiger partial charge in [0.25, 0.3) is 0 Å². The number of halogens is 2. The van der Waals surface area contributed by atoms with Gasteiger partial charge in [-0.3, -0.25) is 0 Å². The number of rotatable bonds is 8. The molecule has 0 aliphatic rings. The van der Waals surface area contributed by atoms with Gasteiger partial charge in [-0.2, -0.15) is 12.1 Å². The van der Waals surface area contributed by atoms with Gasteiger partial charge < -0.3 is 0 Å². The fourth-order valence-corrected chi connectivity index (χ4v) is 5.78. The first kappa shape index (κ1) is 33.5. The molecule has 0 nitrogen and oxygen atoms in total. The molecule has 43 heavy (non-hydrogen) atoms. The van der Waals surface area contributed by atoms with Gasteiger partial charge in [-0.25, -0.2) is 0 Å². The Morgan fingerprint density at radius 1 is 0.535 bits per heavy atom. The first-order chi connectivity index (χ1) is 21.0. The molecule has 6 aromatic carbocycles. The number of benzene rings is 4. The summed E-state index contributed by atoms with van der Waals surface area (Å²) in [4.78, 5) is 0. The van der Waals surface area contributed by atoms with Crippen LogP contribution in [0.3, 0.4) is 0 Å². The van der Waals surface area contributed by atoms with E-state index < -0.39 is 20.8 Å². The van der Waals surface area contributed by atoms with Crippen molar-refractivity contribution < 1.29 is 20.8 Å². The monoisotopic (exact) mass is 682 g/mol. The van der Waals surface area contributed by atoms with E-state index >= 15 is 0 Å². The summed E-state index contributed by atoms with van der Waals surface area (Å²) >= 11 is -0.826. The second-order valence-electron chi connectivity index (χ2n) is 11.0. The summed E-state index contributed by atoms with van der Waals surface area (Å²) in [5.41, 5.74) is 11.1. The van der Waals surface area contributed by atoms with Gasteiger partial charge in [0, 0.05) is 0 Å². The first-order valence-corrected chi connectivity index (χ1v) is 21.9. The van der Waals surface area contributed by atoms with Crippen molar-refractivity contribution in [1.82, 2.24) is 0 Å². The quantitative estimate of drug-likeness (QED) is 0.140. The molecule has 0 amide bonds. The Hall–Kier alpha value is -2.44. The Balaban J connectivity index is 0.000000181. The van der Waals surface area contributed by atoms with E-state index in [9.17, 15) is 0 Å². The van der Waals surface area contributed by atoms with Crippen LogP contribution < -0.4 is 0 Å². The van der Waals surface area contributed by atoms with Gasteiger partial charge in [0.2, 0.25) is 0 Å². The summed E-state index contributed by atoms with van der Waals surface area (Å²) in [6, 6.07) is 40.6. The van der Waals surface area contributed by atoms with Crippen molar-refractivity contribution in [3.63, 3.8) is 0 Å². The third-order valence-electron chi connectivity index (χ3n) is 8.04. The average molecular weight is 685 g/mol. The molecular formula is C40H42Cl2Zr. The molecule has 0 saturated carbocycles. The Bertz CT molecular complexity index is 1560. The van der Waals surface area contributed by atoms with Crippen LogP contribution >= 0.6 is 17.0 Å².